The van der Waals surface area contributed by atoms with E-state index in [4.69, 9.17) is 0 Å². The van der Waals surface area contributed by atoms with Crippen molar-refractivity contribution in [2.75, 3.05) is 0 Å². The Hall–Kier alpha value is -2.01. The van der Waals surface area contributed by atoms with Gasteiger partial charge in [0.05, 0.1) is 6.04 Å². The highest BCUT2D eigenvalue weighted by Crippen LogP contribution is 2.28. The van der Waals surface area contributed by atoms with E-state index in [9.17, 15) is 10.2 Å². The van der Waals surface area contributed by atoms with Crippen LogP contribution in [0.4, 0.5) is 0 Å². The molecule has 0 spiro atoms. The molecule has 2 aromatic rings. The van der Waals surface area contributed by atoms with Crippen LogP contribution < -0.4 is 5.32 Å². The SMILES string of the molecule is CC(NCc1cccc(O)c1O)c1ncc[nH]1. The van der Waals surface area contributed by atoms with E-state index < -0.39 is 0 Å². The van der Waals surface area contributed by atoms with E-state index in [1.54, 1.807) is 24.5 Å². The number of hydrogen-bond donors (Lipinski definition) is 4. The number of benzene rings is 1. The van der Waals surface area contributed by atoms with Gasteiger partial charge < -0.3 is 20.5 Å². The van der Waals surface area contributed by atoms with Gasteiger partial charge in [0.15, 0.2) is 11.5 Å². The molecule has 0 bridgehead atoms. The number of hydrogen-bond acceptors (Lipinski definition) is 4. The molecular weight excluding hydrogens is 218 g/mol. The highest BCUT2D eigenvalue weighted by atomic mass is 16.3. The number of imidazole rings is 1. The predicted octanol–water partition coefficient (Wildman–Crippen LogP) is 1.67. The maximum atomic E-state index is 9.63. The second-order valence-corrected chi connectivity index (χ2v) is 3.86. The highest BCUT2D eigenvalue weighted by Gasteiger charge is 2.09. The van der Waals surface area contributed by atoms with Gasteiger partial charge in [-0.3, -0.25) is 0 Å². The molecular formula is C12H15N3O2. The maximum absolute atomic E-state index is 9.63. The minimum Gasteiger partial charge on any atom is -0.504 e. The number of nitrogens with zero attached hydrogens (tertiary/aromatic N) is 1. The molecule has 1 atom stereocenters. The largest absolute Gasteiger partial charge is 0.504 e. The lowest BCUT2D eigenvalue weighted by Gasteiger charge is -2.12. The van der Waals surface area contributed by atoms with E-state index in [-0.39, 0.29) is 17.5 Å². The van der Waals surface area contributed by atoms with E-state index in [1.807, 2.05) is 6.92 Å². The Labute approximate surface area is 99.2 Å². The number of rotatable bonds is 4. The quantitative estimate of drug-likeness (QED) is 0.605. The molecule has 2 rings (SSSR count). The highest BCUT2D eigenvalue weighted by molar-refractivity contribution is 5.44. The summed E-state index contributed by atoms with van der Waals surface area (Å²) >= 11 is 0. The number of aromatic amines is 1. The van der Waals surface area contributed by atoms with Crippen LogP contribution in [0.15, 0.2) is 30.6 Å². The first-order valence-electron chi connectivity index (χ1n) is 5.41. The van der Waals surface area contributed by atoms with Crippen LogP contribution in [0.3, 0.4) is 0 Å². The molecule has 17 heavy (non-hydrogen) atoms. The van der Waals surface area contributed by atoms with Crippen LogP contribution in [-0.2, 0) is 6.54 Å². The number of nitrogens with one attached hydrogen (secondary N) is 2. The number of aromatic hydroxyl groups is 2. The van der Waals surface area contributed by atoms with Gasteiger partial charge >= 0.3 is 0 Å². The molecule has 0 aliphatic carbocycles. The number of phenolic OH excluding ortho intramolecular Hbond substituents is 2. The first-order chi connectivity index (χ1) is 8.18. The predicted molar refractivity (Wildman–Crippen MR) is 63.6 cm³/mol. The van der Waals surface area contributed by atoms with Crippen LogP contribution in [0.1, 0.15) is 24.4 Å². The molecule has 5 nitrogen and oxygen atoms in total. The summed E-state index contributed by atoms with van der Waals surface area (Å²) < 4.78 is 0. The summed E-state index contributed by atoms with van der Waals surface area (Å²) in [5.41, 5.74) is 0.656. The molecule has 0 saturated heterocycles. The molecule has 1 unspecified atom stereocenters. The summed E-state index contributed by atoms with van der Waals surface area (Å²) in [6.45, 7) is 2.43. The Balaban J connectivity index is 2.00. The Morgan fingerprint density at radius 2 is 2.24 bits per heavy atom. The van der Waals surface area contributed by atoms with Crippen LogP contribution in [-0.4, -0.2) is 20.2 Å². The van der Waals surface area contributed by atoms with E-state index in [1.165, 1.54) is 6.07 Å². The van der Waals surface area contributed by atoms with Gasteiger partial charge in [-0.2, -0.15) is 0 Å². The van der Waals surface area contributed by atoms with Crippen LogP contribution >= 0.6 is 0 Å². The lowest BCUT2D eigenvalue weighted by molar-refractivity contribution is 0.396. The van der Waals surface area contributed by atoms with Gasteiger partial charge in [-0.05, 0) is 13.0 Å². The monoisotopic (exact) mass is 233 g/mol. The van der Waals surface area contributed by atoms with E-state index in [2.05, 4.69) is 15.3 Å². The zero-order valence-electron chi connectivity index (χ0n) is 9.51. The smallest absolute Gasteiger partial charge is 0.161 e. The van der Waals surface area contributed by atoms with Crippen molar-refractivity contribution in [1.29, 1.82) is 0 Å². The van der Waals surface area contributed by atoms with Crippen molar-refractivity contribution in [3.63, 3.8) is 0 Å². The zero-order chi connectivity index (χ0) is 12.3. The van der Waals surface area contributed by atoms with Gasteiger partial charge in [-0.25, -0.2) is 4.98 Å². The first kappa shape index (κ1) is 11.5. The lowest BCUT2D eigenvalue weighted by Crippen LogP contribution is -2.19. The molecule has 1 aromatic heterocycles. The van der Waals surface area contributed by atoms with Gasteiger partial charge in [0.2, 0.25) is 0 Å². The van der Waals surface area contributed by atoms with Gasteiger partial charge in [-0.15, -0.1) is 0 Å². The molecule has 0 saturated carbocycles. The fraction of sp³-hybridized carbons (Fsp3) is 0.250. The molecule has 0 aliphatic rings. The second kappa shape index (κ2) is 4.88. The summed E-state index contributed by atoms with van der Waals surface area (Å²) in [4.78, 5) is 7.15. The second-order valence-electron chi connectivity index (χ2n) is 3.86. The standard InChI is InChI=1S/C12H15N3O2/c1-8(12-13-5-6-14-12)15-7-9-3-2-4-10(16)11(9)17/h2-6,8,15-17H,7H2,1H3,(H,13,14). The van der Waals surface area contributed by atoms with Crippen LogP contribution in [0.5, 0.6) is 11.5 Å². The zero-order valence-corrected chi connectivity index (χ0v) is 9.51. The van der Waals surface area contributed by atoms with Crippen LogP contribution in [0, 0.1) is 0 Å². The van der Waals surface area contributed by atoms with Crippen LogP contribution in [0.2, 0.25) is 0 Å². The molecule has 0 radical (unpaired) electrons. The molecule has 1 aromatic carbocycles. The molecule has 0 amide bonds. The summed E-state index contributed by atoms with van der Waals surface area (Å²) in [6.07, 6.45) is 3.46. The molecule has 1 heterocycles. The number of H-pyrrole nitrogens is 1. The number of aromatic nitrogens is 2. The third-order valence-electron chi connectivity index (χ3n) is 2.63. The van der Waals surface area contributed by atoms with Gasteiger partial charge in [0, 0.05) is 24.5 Å². The van der Waals surface area contributed by atoms with Crippen molar-refractivity contribution in [1.82, 2.24) is 15.3 Å². The Morgan fingerprint density at radius 1 is 1.41 bits per heavy atom. The fourth-order valence-corrected chi connectivity index (χ4v) is 1.59. The Morgan fingerprint density at radius 3 is 2.94 bits per heavy atom. The molecule has 0 aliphatic heterocycles. The lowest BCUT2D eigenvalue weighted by atomic mass is 10.1. The minimum atomic E-state index is -0.102. The van der Waals surface area contributed by atoms with Crippen molar-refractivity contribution >= 4 is 0 Å². The van der Waals surface area contributed by atoms with E-state index in [0.717, 1.165) is 5.82 Å². The Kier molecular flexibility index (Phi) is 3.30. The summed E-state index contributed by atoms with van der Waals surface area (Å²) in [5.74, 6) is 0.659. The summed E-state index contributed by atoms with van der Waals surface area (Å²) in [7, 11) is 0. The van der Waals surface area contributed by atoms with Gasteiger partial charge in [0.25, 0.3) is 0 Å². The van der Waals surface area contributed by atoms with Gasteiger partial charge in [0.1, 0.15) is 5.82 Å². The summed E-state index contributed by atoms with van der Waals surface area (Å²) in [5, 5.41) is 22.2. The minimum absolute atomic E-state index is 0.0479. The average Bonchev–Trinajstić information content (AvgIpc) is 2.84. The first-order valence-corrected chi connectivity index (χ1v) is 5.41. The van der Waals surface area contributed by atoms with Gasteiger partial charge in [-0.1, -0.05) is 12.1 Å². The topological polar surface area (TPSA) is 81.2 Å². The summed E-state index contributed by atoms with van der Waals surface area (Å²) in [6, 6.07) is 4.96. The van der Waals surface area contributed by atoms with E-state index >= 15 is 0 Å². The van der Waals surface area contributed by atoms with Crippen molar-refractivity contribution in [2.45, 2.75) is 19.5 Å². The normalized spacial score (nSPS) is 12.5. The van der Waals surface area contributed by atoms with Crippen molar-refractivity contribution in [2.24, 2.45) is 0 Å². The van der Waals surface area contributed by atoms with Crippen molar-refractivity contribution in [3.8, 4) is 11.5 Å². The molecule has 5 heteroatoms. The van der Waals surface area contributed by atoms with E-state index in [0.29, 0.717) is 12.1 Å². The average molecular weight is 233 g/mol. The van der Waals surface area contributed by atoms with Crippen LogP contribution in [0.25, 0.3) is 0 Å². The third-order valence-corrected chi connectivity index (χ3v) is 2.63. The number of phenols is 2. The molecule has 0 fully saturated rings. The maximum Gasteiger partial charge on any atom is 0.161 e. The van der Waals surface area contributed by atoms with Crippen molar-refractivity contribution < 1.29 is 10.2 Å². The Bertz CT molecular complexity index is 483. The number of para-hydroxylation sites is 1. The third kappa shape index (κ3) is 2.57. The molecule has 4 N–H and O–H groups in total. The molecule has 90 valence electrons. The fourth-order valence-electron chi connectivity index (χ4n) is 1.59. The van der Waals surface area contributed by atoms with Crippen molar-refractivity contribution in [3.05, 3.63) is 42.0 Å².